The Hall–Kier alpha value is -1.54. The van der Waals surface area contributed by atoms with E-state index in [0.29, 0.717) is 0 Å². The fraction of sp³-hybridized carbons (Fsp3) is 0.125. The Balaban J connectivity index is 3.17. The SMILES string of the molecule is N#CCS(=O)(=O)c1cccc(O)c1. The highest BCUT2D eigenvalue weighted by Crippen LogP contribution is 2.16. The number of benzene rings is 1. The van der Waals surface area contributed by atoms with Crippen molar-refractivity contribution in [3.8, 4) is 11.8 Å². The Bertz CT molecular complexity index is 445. The summed E-state index contributed by atoms with van der Waals surface area (Å²) in [7, 11) is -3.55. The highest BCUT2D eigenvalue weighted by molar-refractivity contribution is 7.91. The molecule has 5 heteroatoms. The van der Waals surface area contributed by atoms with Crippen molar-refractivity contribution >= 4 is 9.84 Å². The summed E-state index contributed by atoms with van der Waals surface area (Å²) in [5.74, 6) is -0.699. The molecule has 0 radical (unpaired) electrons. The van der Waals surface area contributed by atoms with Crippen LogP contribution in [0.1, 0.15) is 0 Å². The number of nitrogens with zero attached hydrogens (tertiary/aromatic N) is 1. The smallest absolute Gasteiger partial charge is 0.191 e. The van der Waals surface area contributed by atoms with Crippen LogP contribution in [-0.2, 0) is 9.84 Å². The average Bonchev–Trinajstić information content (AvgIpc) is 2.04. The predicted octanol–water partition coefficient (Wildman–Crippen LogP) is 0.689. The lowest BCUT2D eigenvalue weighted by Gasteiger charge is -1.99. The third-order valence-electron chi connectivity index (χ3n) is 1.43. The molecular formula is C8H7NO3S. The second kappa shape index (κ2) is 3.46. The van der Waals surface area contributed by atoms with E-state index in [4.69, 9.17) is 10.4 Å². The van der Waals surface area contributed by atoms with Crippen molar-refractivity contribution in [2.45, 2.75) is 4.90 Å². The molecule has 0 bridgehead atoms. The number of sulfone groups is 1. The van der Waals surface area contributed by atoms with E-state index in [1.807, 2.05) is 0 Å². The molecule has 0 aliphatic carbocycles. The summed E-state index contributed by atoms with van der Waals surface area (Å²) in [6, 6.07) is 6.80. The molecule has 0 aliphatic rings. The minimum absolute atomic E-state index is 0.0333. The summed E-state index contributed by atoms with van der Waals surface area (Å²) in [5.41, 5.74) is 0. The van der Waals surface area contributed by atoms with E-state index in [0.717, 1.165) is 6.07 Å². The summed E-state index contributed by atoms with van der Waals surface area (Å²) < 4.78 is 22.5. The average molecular weight is 197 g/mol. The van der Waals surface area contributed by atoms with E-state index in [1.165, 1.54) is 18.2 Å². The molecule has 68 valence electrons. The van der Waals surface area contributed by atoms with E-state index in [2.05, 4.69) is 0 Å². The Kier molecular flexibility index (Phi) is 2.54. The zero-order valence-electron chi connectivity index (χ0n) is 6.64. The van der Waals surface area contributed by atoms with Crippen molar-refractivity contribution in [1.82, 2.24) is 0 Å². The molecule has 13 heavy (non-hydrogen) atoms. The molecular weight excluding hydrogens is 190 g/mol. The molecule has 0 amide bonds. The fourth-order valence-electron chi connectivity index (χ4n) is 0.845. The Morgan fingerprint density at radius 2 is 2.15 bits per heavy atom. The number of hydrogen-bond donors (Lipinski definition) is 1. The van der Waals surface area contributed by atoms with Gasteiger partial charge in [-0.25, -0.2) is 8.42 Å². The molecule has 0 fully saturated rings. The summed E-state index contributed by atoms with van der Waals surface area (Å²) in [5, 5.41) is 17.2. The first kappa shape index (κ1) is 9.55. The van der Waals surface area contributed by atoms with Gasteiger partial charge < -0.3 is 5.11 Å². The van der Waals surface area contributed by atoms with E-state index < -0.39 is 15.6 Å². The third-order valence-corrected chi connectivity index (χ3v) is 2.91. The van der Waals surface area contributed by atoms with E-state index >= 15 is 0 Å². The molecule has 1 aromatic carbocycles. The predicted molar refractivity (Wildman–Crippen MR) is 45.8 cm³/mol. The largest absolute Gasteiger partial charge is 0.508 e. The Labute approximate surface area is 76.0 Å². The van der Waals surface area contributed by atoms with Crippen LogP contribution in [0, 0.1) is 11.3 Å². The minimum atomic E-state index is -3.55. The van der Waals surface area contributed by atoms with Crippen LogP contribution in [0.25, 0.3) is 0 Å². The van der Waals surface area contributed by atoms with Crippen LogP contribution in [0.3, 0.4) is 0 Å². The van der Waals surface area contributed by atoms with Crippen LogP contribution in [0.2, 0.25) is 0 Å². The van der Waals surface area contributed by atoms with Crippen LogP contribution >= 0.6 is 0 Å². The lowest BCUT2D eigenvalue weighted by atomic mass is 10.3. The van der Waals surface area contributed by atoms with Crippen LogP contribution in [0.15, 0.2) is 29.2 Å². The summed E-state index contributed by atoms with van der Waals surface area (Å²) >= 11 is 0. The maximum Gasteiger partial charge on any atom is 0.191 e. The van der Waals surface area contributed by atoms with Crippen LogP contribution in [-0.4, -0.2) is 19.3 Å². The quantitative estimate of drug-likeness (QED) is 0.756. The molecule has 0 aromatic heterocycles. The van der Waals surface area contributed by atoms with Crippen molar-refractivity contribution in [2.24, 2.45) is 0 Å². The molecule has 1 N–H and O–H groups in total. The van der Waals surface area contributed by atoms with Gasteiger partial charge in [-0.2, -0.15) is 5.26 Å². The van der Waals surface area contributed by atoms with Gasteiger partial charge in [0.25, 0.3) is 0 Å². The number of phenolic OH excluding ortho intramolecular Hbond substituents is 1. The van der Waals surface area contributed by atoms with Gasteiger partial charge in [-0.3, -0.25) is 0 Å². The number of aromatic hydroxyl groups is 1. The molecule has 0 atom stereocenters. The van der Waals surface area contributed by atoms with Crippen LogP contribution < -0.4 is 0 Å². The maximum absolute atomic E-state index is 11.3. The first-order valence-electron chi connectivity index (χ1n) is 3.45. The summed E-state index contributed by atoms with van der Waals surface area (Å²) in [4.78, 5) is -0.0333. The first-order chi connectivity index (χ1) is 6.06. The monoisotopic (exact) mass is 197 g/mol. The summed E-state index contributed by atoms with van der Waals surface area (Å²) in [6.45, 7) is 0. The van der Waals surface area contributed by atoms with E-state index in [-0.39, 0.29) is 10.6 Å². The van der Waals surface area contributed by atoms with Gasteiger partial charge in [-0.05, 0) is 18.2 Å². The number of nitriles is 1. The van der Waals surface area contributed by atoms with Gasteiger partial charge >= 0.3 is 0 Å². The van der Waals surface area contributed by atoms with Gasteiger partial charge in [-0.15, -0.1) is 0 Å². The zero-order chi connectivity index (χ0) is 9.90. The van der Waals surface area contributed by atoms with Gasteiger partial charge in [0, 0.05) is 0 Å². The highest BCUT2D eigenvalue weighted by Gasteiger charge is 2.13. The zero-order valence-corrected chi connectivity index (χ0v) is 7.45. The van der Waals surface area contributed by atoms with Crippen LogP contribution in [0.4, 0.5) is 0 Å². The van der Waals surface area contributed by atoms with Gasteiger partial charge in [0.15, 0.2) is 9.84 Å². The van der Waals surface area contributed by atoms with Gasteiger partial charge in [0.2, 0.25) is 0 Å². The van der Waals surface area contributed by atoms with E-state index in [9.17, 15) is 8.42 Å². The topological polar surface area (TPSA) is 78.2 Å². The molecule has 4 nitrogen and oxygen atoms in total. The number of hydrogen-bond acceptors (Lipinski definition) is 4. The van der Waals surface area contributed by atoms with Gasteiger partial charge in [-0.1, -0.05) is 6.07 Å². The van der Waals surface area contributed by atoms with Crippen LogP contribution in [0.5, 0.6) is 5.75 Å². The molecule has 0 spiro atoms. The first-order valence-corrected chi connectivity index (χ1v) is 5.10. The van der Waals surface area contributed by atoms with E-state index in [1.54, 1.807) is 6.07 Å². The third kappa shape index (κ3) is 2.20. The molecule has 1 aromatic rings. The van der Waals surface area contributed by atoms with Crippen molar-refractivity contribution < 1.29 is 13.5 Å². The highest BCUT2D eigenvalue weighted by atomic mass is 32.2. The second-order valence-electron chi connectivity index (χ2n) is 2.41. The maximum atomic E-state index is 11.3. The molecule has 0 heterocycles. The minimum Gasteiger partial charge on any atom is -0.508 e. The van der Waals surface area contributed by atoms with Crippen molar-refractivity contribution in [1.29, 1.82) is 5.26 Å². The van der Waals surface area contributed by atoms with Crippen molar-refractivity contribution in [3.05, 3.63) is 24.3 Å². The molecule has 0 unspecified atom stereocenters. The normalized spacial score (nSPS) is 10.7. The van der Waals surface area contributed by atoms with Gasteiger partial charge in [0.05, 0.1) is 11.0 Å². The summed E-state index contributed by atoms with van der Waals surface area (Å²) in [6.07, 6.45) is 0. The molecule has 0 saturated carbocycles. The lowest BCUT2D eigenvalue weighted by Crippen LogP contribution is -2.04. The number of phenols is 1. The van der Waals surface area contributed by atoms with Gasteiger partial charge in [0.1, 0.15) is 11.5 Å². The molecule has 0 aliphatic heterocycles. The molecule has 0 saturated heterocycles. The Morgan fingerprint density at radius 3 is 2.69 bits per heavy atom. The molecule has 1 rings (SSSR count). The second-order valence-corrected chi connectivity index (χ2v) is 4.40. The van der Waals surface area contributed by atoms with Crippen molar-refractivity contribution in [3.63, 3.8) is 0 Å². The Morgan fingerprint density at radius 1 is 1.46 bits per heavy atom. The number of rotatable bonds is 2. The fourth-order valence-corrected chi connectivity index (χ4v) is 1.77. The lowest BCUT2D eigenvalue weighted by molar-refractivity contribution is 0.473. The standard InChI is InChI=1S/C8H7NO3S/c9-4-5-13(11,12)8-3-1-2-7(10)6-8/h1-3,6,10H,5H2. The van der Waals surface area contributed by atoms with Crippen molar-refractivity contribution in [2.75, 3.05) is 5.75 Å².